The Morgan fingerprint density at radius 3 is 2.71 bits per heavy atom. The summed E-state index contributed by atoms with van der Waals surface area (Å²) < 4.78 is 4.71. The van der Waals surface area contributed by atoms with E-state index in [1.54, 1.807) is 6.92 Å². The quantitative estimate of drug-likeness (QED) is 0.358. The lowest BCUT2D eigenvalue weighted by atomic mass is 10.2. The zero-order chi connectivity index (χ0) is 13.1. The number of unbranched alkanes of at least 4 members (excludes halogenated alkanes) is 1. The molecular formula is C11H22N2O4. The Kier molecular flexibility index (Phi) is 9.37. The molecule has 100 valence electrons. The molecule has 0 spiro atoms. The fourth-order valence-corrected chi connectivity index (χ4v) is 1.30. The molecule has 0 heterocycles. The van der Waals surface area contributed by atoms with Crippen molar-refractivity contribution in [3.05, 3.63) is 0 Å². The summed E-state index contributed by atoms with van der Waals surface area (Å²) in [6.07, 6.45) is 1.20. The van der Waals surface area contributed by atoms with Crippen LogP contribution in [0.2, 0.25) is 0 Å². The Morgan fingerprint density at radius 2 is 2.12 bits per heavy atom. The Hall–Kier alpha value is -1.14. The lowest BCUT2D eigenvalue weighted by molar-refractivity contribution is -0.145. The molecule has 1 amide bonds. The van der Waals surface area contributed by atoms with E-state index >= 15 is 0 Å². The van der Waals surface area contributed by atoms with Crippen LogP contribution in [0.3, 0.4) is 0 Å². The van der Waals surface area contributed by atoms with Crippen molar-refractivity contribution in [1.29, 1.82) is 0 Å². The number of nitrogens with one attached hydrogen (secondary N) is 1. The third kappa shape index (κ3) is 11.1. The fourth-order valence-electron chi connectivity index (χ4n) is 1.30. The van der Waals surface area contributed by atoms with Gasteiger partial charge in [-0.15, -0.1) is 0 Å². The Labute approximate surface area is 102 Å². The van der Waals surface area contributed by atoms with Gasteiger partial charge in [-0.3, -0.25) is 9.59 Å². The van der Waals surface area contributed by atoms with Gasteiger partial charge in [0.25, 0.3) is 0 Å². The second-order valence-electron chi connectivity index (χ2n) is 3.79. The van der Waals surface area contributed by atoms with E-state index in [2.05, 4.69) is 5.32 Å². The first-order chi connectivity index (χ1) is 8.06. The summed E-state index contributed by atoms with van der Waals surface area (Å²) in [5, 5.41) is 12.4. The van der Waals surface area contributed by atoms with Crippen molar-refractivity contribution in [3.63, 3.8) is 0 Å². The van der Waals surface area contributed by atoms with Gasteiger partial charge in [-0.2, -0.15) is 0 Å². The molecule has 0 bridgehead atoms. The number of esters is 1. The summed E-state index contributed by atoms with van der Waals surface area (Å²) in [5.41, 5.74) is 4.99. The molecule has 0 radical (unpaired) electrons. The second kappa shape index (κ2) is 10.0. The van der Waals surface area contributed by atoms with Gasteiger partial charge in [0.2, 0.25) is 5.91 Å². The van der Waals surface area contributed by atoms with Crippen LogP contribution in [0.1, 0.15) is 32.6 Å². The molecule has 6 heteroatoms. The summed E-state index contributed by atoms with van der Waals surface area (Å²) in [6.45, 7) is 3.08. The maximum Gasteiger partial charge on any atom is 0.308 e. The van der Waals surface area contributed by atoms with Gasteiger partial charge in [-0.25, -0.2) is 0 Å². The number of hydrogen-bond acceptors (Lipinski definition) is 5. The Balaban J connectivity index is 3.35. The average molecular weight is 246 g/mol. The van der Waals surface area contributed by atoms with E-state index in [0.717, 1.165) is 12.8 Å². The van der Waals surface area contributed by atoms with E-state index in [1.165, 1.54) is 0 Å². The van der Waals surface area contributed by atoms with Gasteiger partial charge in [0.05, 0.1) is 19.1 Å². The van der Waals surface area contributed by atoms with Crippen LogP contribution >= 0.6 is 0 Å². The molecule has 0 aromatic carbocycles. The number of nitrogens with two attached hydrogens (primary N) is 1. The van der Waals surface area contributed by atoms with Crippen LogP contribution < -0.4 is 11.1 Å². The molecule has 0 aliphatic rings. The van der Waals surface area contributed by atoms with Crippen LogP contribution in [-0.2, 0) is 14.3 Å². The molecule has 6 nitrogen and oxygen atoms in total. The van der Waals surface area contributed by atoms with E-state index < -0.39 is 12.1 Å². The van der Waals surface area contributed by atoms with Crippen molar-refractivity contribution in [2.75, 3.05) is 19.7 Å². The maximum absolute atomic E-state index is 11.0. The number of aliphatic hydroxyl groups excluding tert-OH is 1. The number of aliphatic hydroxyl groups is 1. The first kappa shape index (κ1) is 15.9. The minimum Gasteiger partial charge on any atom is -0.466 e. The molecule has 0 aliphatic carbocycles. The SMILES string of the molecule is CCOC(=O)CC(O)CNCCCCC(N)=O. The van der Waals surface area contributed by atoms with Gasteiger partial charge < -0.3 is 20.9 Å². The van der Waals surface area contributed by atoms with E-state index in [0.29, 0.717) is 26.1 Å². The van der Waals surface area contributed by atoms with Gasteiger partial charge in [0.1, 0.15) is 0 Å². The van der Waals surface area contributed by atoms with Crippen molar-refractivity contribution in [2.24, 2.45) is 5.73 Å². The molecule has 0 saturated heterocycles. The largest absolute Gasteiger partial charge is 0.466 e. The molecule has 0 aliphatic heterocycles. The van der Waals surface area contributed by atoms with Crippen LogP contribution in [0.5, 0.6) is 0 Å². The van der Waals surface area contributed by atoms with Gasteiger partial charge in [-0.1, -0.05) is 0 Å². The van der Waals surface area contributed by atoms with E-state index in [-0.39, 0.29) is 12.3 Å². The van der Waals surface area contributed by atoms with E-state index in [9.17, 15) is 14.7 Å². The van der Waals surface area contributed by atoms with Gasteiger partial charge in [-0.05, 0) is 26.3 Å². The average Bonchev–Trinajstić information content (AvgIpc) is 2.23. The Morgan fingerprint density at radius 1 is 1.41 bits per heavy atom. The lowest BCUT2D eigenvalue weighted by Gasteiger charge is -2.10. The van der Waals surface area contributed by atoms with Crippen molar-refractivity contribution >= 4 is 11.9 Å². The van der Waals surface area contributed by atoms with Crippen molar-refractivity contribution in [2.45, 2.75) is 38.7 Å². The number of ether oxygens (including phenoxy) is 1. The molecule has 1 unspecified atom stereocenters. The molecule has 1 atom stereocenters. The van der Waals surface area contributed by atoms with Gasteiger partial charge >= 0.3 is 5.97 Å². The molecule has 0 aromatic rings. The summed E-state index contributed by atoms with van der Waals surface area (Å²) in [6, 6.07) is 0. The number of rotatable bonds is 10. The van der Waals surface area contributed by atoms with Gasteiger partial charge in [0, 0.05) is 13.0 Å². The molecule has 0 aromatic heterocycles. The third-order valence-electron chi connectivity index (χ3n) is 2.11. The van der Waals surface area contributed by atoms with Crippen molar-refractivity contribution in [1.82, 2.24) is 5.32 Å². The van der Waals surface area contributed by atoms with Crippen LogP contribution in [0.25, 0.3) is 0 Å². The smallest absolute Gasteiger partial charge is 0.308 e. The Bertz CT molecular complexity index is 234. The standard InChI is InChI=1S/C11H22N2O4/c1-2-17-11(16)7-9(14)8-13-6-4-3-5-10(12)15/h9,13-14H,2-8H2,1H3,(H2,12,15). The van der Waals surface area contributed by atoms with Crippen LogP contribution in [-0.4, -0.2) is 42.8 Å². The highest BCUT2D eigenvalue weighted by molar-refractivity contribution is 5.73. The summed E-state index contributed by atoms with van der Waals surface area (Å²) in [7, 11) is 0. The molecular weight excluding hydrogens is 224 g/mol. The van der Waals surface area contributed by atoms with Crippen LogP contribution in [0.4, 0.5) is 0 Å². The number of carbonyl (C=O) groups is 2. The normalized spacial score (nSPS) is 12.1. The number of amides is 1. The van der Waals surface area contributed by atoms with Crippen LogP contribution in [0.15, 0.2) is 0 Å². The molecule has 17 heavy (non-hydrogen) atoms. The predicted octanol–water partition coefficient (Wildman–Crippen LogP) is -0.454. The highest BCUT2D eigenvalue weighted by Gasteiger charge is 2.10. The number of carbonyl (C=O) groups excluding carboxylic acids is 2. The molecule has 4 N–H and O–H groups in total. The lowest BCUT2D eigenvalue weighted by Crippen LogP contribution is -2.30. The van der Waals surface area contributed by atoms with Crippen LogP contribution in [0, 0.1) is 0 Å². The third-order valence-corrected chi connectivity index (χ3v) is 2.11. The van der Waals surface area contributed by atoms with E-state index in [4.69, 9.17) is 10.5 Å². The van der Waals surface area contributed by atoms with E-state index in [1.807, 2.05) is 0 Å². The summed E-state index contributed by atoms with van der Waals surface area (Å²) >= 11 is 0. The van der Waals surface area contributed by atoms with Crippen molar-refractivity contribution in [3.8, 4) is 0 Å². The van der Waals surface area contributed by atoms with Gasteiger partial charge in [0.15, 0.2) is 0 Å². The zero-order valence-electron chi connectivity index (χ0n) is 10.3. The monoisotopic (exact) mass is 246 g/mol. The minimum atomic E-state index is -0.731. The topological polar surface area (TPSA) is 102 Å². The van der Waals surface area contributed by atoms with Crippen molar-refractivity contribution < 1.29 is 19.4 Å². The summed E-state index contributed by atoms with van der Waals surface area (Å²) in [4.78, 5) is 21.4. The first-order valence-electron chi connectivity index (χ1n) is 5.89. The number of primary amides is 1. The highest BCUT2D eigenvalue weighted by Crippen LogP contribution is 1.95. The zero-order valence-corrected chi connectivity index (χ0v) is 10.3. The highest BCUT2D eigenvalue weighted by atomic mass is 16.5. The molecule has 0 saturated carbocycles. The molecule has 0 fully saturated rings. The fraction of sp³-hybridized carbons (Fsp3) is 0.818. The maximum atomic E-state index is 11.0. The minimum absolute atomic E-state index is 0.00211. The number of hydrogen-bond donors (Lipinski definition) is 3. The summed E-state index contributed by atoms with van der Waals surface area (Å²) in [5.74, 6) is -0.692. The first-order valence-corrected chi connectivity index (χ1v) is 5.89. The second-order valence-corrected chi connectivity index (χ2v) is 3.79. The predicted molar refractivity (Wildman–Crippen MR) is 63.2 cm³/mol. The molecule has 0 rings (SSSR count).